The molecule has 1 fully saturated rings. The van der Waals surface area contributed by atoms with Gasteiger partial charge in [0.25, 0.3) is 0 Å². The maximum absolute atomic E-state index is 6.21. The molecule has 0 aromatic heterocycles. The van der Waals surface area contributed by atoms with E-state index in [4.69, 9.17) is 17.4 Å². The van der Waals surface area contributed by atoms with Crippen LogP contribution in [0, 0.1) is 0 Å². The summed E-state index contributed by atoms with van der Waals surface area (Å²) in [4.78, 5) is 0. The summed E-state index contributed by atoms with van der Waals surface area (Å²) in [5.74, 6) is 6.66. The zero-order valence-electron chi connectivity index (χ0n) is 10.6. The molecule has 1 aliphatic rings. The first-order valence-corrected chi connectivity index (χ1v) is 8.06. The van der Waals surface area contributed by atoms with Crippen molar-refractivity contribution in [1.29, 1.82) is 0 Å². The lowest BCUT2D eigenvalue weighted by atomic mass is 10.0. The largest absolute Gasteiger partial charge is 0.271 e. The van der Waals surface area contributed by atoms with Crippen LogP contribution in [0.1, 0.15) is 43.7 Å². The van der Waals surface area contributed by atoms with E-state index in [2.05, 4.69) is 5.43 Å². The Balaban J connectivity index is 1.91. The fraction of sp³-hybridized carbons (Fsp3) is 0.571. The van der Waals surface area contributed by atoms with Crippen LogP contribution in [0.2, 0.25) is 5.02 Å². The van der Waals surface area contributed by atoms with Gasteiger partial charge in [0.2, 0.25) is 0 Å². The lowest BCUT2D eigenvalue weighted by Gasteiger charge is -2.24. The maximum atomic E-state index is 6.21. The molecule has 1 saturated carbocycles. The highest BCUT2D eigenvalue weighted by Gasteiger charge is 2.18. The van der Waals surface area contributed by atoms with Crippen LogP contribution in [0.4, 0.5) is 0 Å². The van der Waals surface area contributed by atoms with E-state index in [1.807, 2.05) is 36.0 Å². The number of halogens is 1. The molecule has 18 heavy (non-hydrogen) atoms. The molecule has 1 aromatic carbocycles. The number of hydrogen-bond donors (Lipinski definition) is 2. The summed E-state index contributed by atoms with van der Waals surface area (Å²) >= 11 is 8.25. The SMILES string of the molecule is NNC(CSC1CCCCC1)c1ccccc1Cl. The van der Waals surface area contributed by atoms with E-state index in [-0.39, 0.29) is 6.04 Å². The zero-order valence-corrected chi connectivity index (χ0v) is 12.1. The van der Waals surface area contributed by atoms with Crippen LogP contribution in [-0.2, 0) is 0 Å². The van der Waals surface area contributed by atoms with Gasteiger partial charge in [0.05, 0.1) is 6.04 Å². The summed E-state index contributed by atoms with van der Waals surface area (Å²) < 4.78 is 0. The van der Waals surface area contributed by atoms with Crippen LogP contribution in [0.3, 0.4) is 0 Å². The van der Waals surface area contributed by atoms with Gasteiger partial charge < -0.3 is 0 Å². The Labute approximate surface area is 119 Å². The number of hydrazine groups is 1. The fourth-order valence-electron chi connectivity index (χ4n) is 2.45. The molecular weight excluding hydrogens is 264 g/mol. The molecule has 2 rings (SSSR count). The molecule has 0 saturated heterocycles. The van der Waals surface area contributed by atoms with Gasteiger partial charge in [-0.1, -0.05) is 49.1 Å². The minimum atomic E-state index is 0.144. The van der Waals surface area contributed by atoms with Gasteiger partial charge in [0.1, 0.15) is 0 Å². The van der Waals surface area contributed by atoms with E-state index < -0.39 is 0 Å². The molecule has 4 heteroatoms. The summed E-state index contributed by atoms with van der Waals surface area (Å²) in [5.41, 5.74) is 4.00. The maximum Gasteiger partial charge on any atom is 0.0565 e. The van der Waals surface area contributed by atoms with E-state index in [0.29, 0.717) is 0 Å². The highest BCUT2D eigenvalue weighted by Crippen LogP contribution is 2.32. The smallest absolute Gasteiger partial charge is 0.0565 e. The average Bonchev–Trinajstić information content (AvgIpc) is 2.42. The highest BCUT2D eigenvalue weighted by atomic mass is 35.5. The summed E-state index contributed by atoms with van der Waals surface area (Å²) in [6, 6.07) is 8.08. The molecule has 0 spiro atoms. The van der Waals surface area contributed by atoms with Crippen molar-refractivity contribution >= 4 is 23.4 Å². The third-order valence-corrected chi connectivity index (χ3v) is 5.35. The molecule has 0 aliphatic heterocycles. The first-order chi connectivity index (χ1) is 8.81. The number of rotatable bonds is 5. The van der Waals surface area contributed by atoms with E-state index in [1.54, 1.807) is 0 Å². The number of nitrogens with one attached hydrogen (secondary N) is 1. The van der Waals surface area contributed by atoms with Crippen LogP contribution in [0.5, 0.6) is 0 Å². The van der Waals surface area contributed by atoms with Gasteiger partial charge in [0, 0.05) is 16.0 Å². The first-order valence-electron chi connectivity index (χ1n) is 6.63. The number of benzene rings is 1. The molecule has 3 N–H and O–H groups in total. The fourth-order valence-corrected chi connectivity index (χ4v) is 4.12. The molecule has 0 radical (unpaired) electrons. The molecule has 1 aromatic rings. The van der Waals surface area contributed by atoms with Gasteiger partial charge in [-0.3, -0.25) is 11.3 Å². The Bertz CT molecular complexity index is 367. The van der Waals surface area contributed by atoms with Crippen LogP contribution in [-0.4, -0.2) is 11.0 Å². The van der Waals surface area contributed by atoms with E-state index in [1.165, 1.54) is 32.1 Å². The van der Waals surface area contributed by atoms with E-state index >= 15 is 0 Å². The van der Waals surface area contributed by atoms with Crippen LogP contribution >= 0.6 is 23.4 Å². The lowest BCUT2D eigenvalue weighted by Crippen LogP contribution is -2.30. The second-order valence-electron chi connectivity index (χ2n) is 4.83. The monoisotopic (exact) mass is 284 g/mol. The molecule has 0 bridgehead atoms. The summed E-state index contributed by atoms with van der Waals surface area (Å²) in [6.45, 7) is 0. The topological polar surface area (TPSA) is 38.0 Å². The van der Waals surface area contributed by atoms with Crippen LogP contribution in [0.25, 0.3) is 0 Å². The minimum Gasteiger partial charge on any atom is -0.271 e. The minimum absolute atomic E-state index is 0.144. The normalized spacial score (nSPS) is 18.8. The van der Waals surface area contributed by atoms with Crippen molar-refractivity contribution in [3.63, 3.8) is 0 Å². The molecule has 1 unspecified atom stereocenters. The Morgan fingerprint density at radius 1 is 1.28 bits per heavy atom. The molecular formula is C14H21ClN2S. The Kier molecular flexibility index (Phi) is 5.83. The summed E-state index contributed by atoms with van der Waals surface area (Å²) in [6.07, 6.45) is 6.87. The van der Waals surface area contributed by atoms with Crippen molar-refractivity contribution < 1.29 is 0 Å². The zero-order chi connectivity index (χ0) is 12.8. The van der Waals surface area contributed by atoms with E-state index in [0.717, 1.165) is 21.6 Å². The Hall–Kier alpha value is -0.220. The number of nitrogens with two attached hydrogens (primary N) is 1. The predicted molar refractivity (Wildman–Crippen MR) is 80.8 cm³/mol. The first kappa shape index (κ1) is 14.2. The van der Waals surface area contributed by atoms with Gasteiger partial charge in [-0.05, 0) is 24.5 Å². The second-order valence-corrected chi connectivity index (χ2v) is 6.57. The summed E-state index contributed by atoms with van der Waals surface area (Å²) in [7, 11) is 0. The second kappa shape index (κ2) is 7.39. The molecule has 2 nitrogen and oxygen atoms in total. The highest BCUT2D eigenvalue weighted by molar-refractivity contribution is 7.99. The molecule has 0 amide bonds. The van der Waals surface area contributed by atoms with Crippen LogP contribution in [0.15, 0.2) is 24.3 Å². The number of hydrogen-bond acceptors (Lipinski definition) is 3. The quantitative estimate of drug-likeness (QED) is 0.636. The van der Waals surface area contributed by atoms with Crippen molar-refractivity contribution in [3.8, 4) is 0 Å². The third-order valence-electron chi connectivity index (χ3n) is 3.53. The van der Waals surface area contributed by atoms with Crippen molar-refractivity contribution in [2.45, 2.75) is 43.4 Å². The molecule has 1 aliphatic carbocycles. The van der Waals surface area contributed by atoms with Crippen molar-refractivity contribution in [2.75, 3.05) is 5.75 Å². The molecule has 1 atom stereocenters. The Morgan fingerprint density at radius 2 is 2.00 bits per heavy atom. The Morgan fingerprint density at radius 3 is 2.67 bits per heavy atom. The molecule has 100 valence electrons. The summed E-state index contributed by atoms with van der Waals surface area (Å²) in [5, 5.41) is 1.60. The standard InChI is InChI=1S/C14H21ClN2S/c15-13-9-5-4-8-12(13)14(17-16)10-18-11-6-2-1-3-7-11/h4-5,8-9,11,14,17H,1-3,6-7,10,16H2. The van der Waals surface area contributed by atoms with E-state index in [9.17, 15) is 0 Å². The number of thioether (sulfide) groups is 1. The van der Waals surface area contributed by atoms with Gasteiger partial charge in [-0.15, -0.1) is 0 Å². The van der Waals surface area contributed by atoms with Crippen molar-refractivity contribution in [1.82, 2.24) is 5.43 Å². The lowest BCUT2D eigenvalue weighted by molar-refractivity contribution is 0.514. The van der Waals surface area contributed by atoms with Gasteiger partial charge in [-0.2, -0.15) is 11.8 Å². The third kappa shape index (κ3) is 3.89. The van der Waals surface area contributed by atoms with Gasteiger partial charge >= 0.3 is 0 Å². The molecule has 0 heterocycles. The van der Waals surface area contributed by atoms with Crippen molar-refractivity contribution in [2.24, 2.45) is 5.84 Å². The van der Waals surface area contributed by atoms with Gasteiger partial charge in [0.15, 0.2) is 0 Å². The van der Waals surface area contributed by atoms with Gasteiger partial charge in [-0.25, -0.2) is 0 Å². The average molecular weight is 285 g/mol. The van der Waals surface area contributed by atoms with Crippen molar-refractivity contribution in [3.05, 3.63) is 34.9 Å². The predicted octanol–water partition coefficient (Wildman–Crippen LogP) is 3.91. The van der Waals surface area contributed by atoms with Crippen LogP contribution < -0.4 is 11.3 Å².